The average molecular weight is 487 g/mol. The number of imide groups is 1. The number of likely N-dealkylation sites (tertiary alicyclic amines) is 1. The van der Waals surface area contributed by atoms with E-state index in [9.17, 15) is 14.4 Å². The van der Waals surface area contributed by atoms with Gasteiger partial charge in [0.05, 0.1) is 17.2 Å². The summed E-state index contributed by atoms with van der Waals surface area (Å²) in [6.45, 7) is 3.74. The van der Waals surface area contributed by atoms with Gasteiger partial charge < -0.3 is 14.4 Å². The van der Waals surface area contributed by atoms with Gasteiger partial charge in [-0.3, -0.25) is 14.4 Å². The third-order valence-corrected chi connectivity index (χ3v) is 6.38. The lowest BCUT2D eigenvalue weighted by atomic mass is 10.1. The molecule has 2 heterocycles. The fourth-order valence-electron chi connectivity index (χ4n) is 3.63. The van der Waals surface area contributed by atoms with Crippen molar-refractivity contribution in [2.24, 2.45) is 0 Å². The summed E-state index contributed by atoms with van der Waals surface area (Å²) in [5.74, 6) is 0.477. The van der Waals surface area contributed by atoms with Gasteiger partial charge >= 0.3 is 0 Å². The Labute approximate surface area is 201 Å². The molecule has 7 nitrogen and oxygen atoms in total. The zero-order valence-electron chi connectivity index (χ0n) is 18.1. The molecule has 0 bridgehead atoms. The number of nitrogens with zero attached hydrogens (tertiary/aromatic N) is 2. The van der Waals surface area contributed by atoms with E-state index >= 15 is 0 Å². The molecule has 2 aromatic carbocycles. The van der Waals surface area contributed by atoms with E-state index in [0.29, 0.717) is 39.3 Å². The third-order valence-electron chi connectivity index (χ3n) is 5.25. The number of hydrogen-bond donors (Lipinski definition) is 0. The molecule has 2 aromatic rings. The van der Waals surface area contributed by atoms with Crippen LogP contribution in [0.2, 0.25) is 5.02 Å². The molecule has 0 N–H and O–H groups in total. The zero-order valence-corrected chi connectivity index (χ0v) is 19.7. The summed E-state index contributed by atoms with van der Waals surface area (Å²) in [6, 6.07) is 11.7. The summed E-state index contributed by atoms with van der Waals surface area (Å²) in [4.78, 5) is 40.8. The van der Waals surface area contributed by atoms with Gasteiger partial charge in [-0.05, 0) is 79.6 Å². The molecule has 33 heavy (non-hydrogen) atoms. The van der Waals surface area contributed by atoms with Crippen LogP contribution >= 0.6 is 23.4 Å². The number of carbonyl (C=O) groups excluding carboxylic acids is 3. The monoisotopic (exact) mass is 486 g/mol. The molecule has 9 heteroatoms. The van der Waals surface area contributed by atoms with Gasteiger partial charge in [-0.1, -0.05) is 17.7 Å². The lowest BCUT2D eigenvalue weighted by Gasteiger charge is -2.17. The molecular weight excluding hydrogens is 464 g/mol. The first kappa shape index (κ1) is 23.2. The van der Waals surface area contributed by atoms with Crippen LogP contribution in [0.4, 0.5) is 10.5 Å². The Morgan fingerprint density at radius 3 is 2.48 bits per heavy atom. The van der Waals surface area contributed by atoms with Crippen LogP contribution in [-0.4, -0.2) is 48.3 Å². The van der Waals surface area contributed by atoms with Crippen LogP contribution < -0.4 is 14.4 Å². The van der Waals surface area contributed by atoms with Crippen molar-refractivity contribution in [3.8, 4) is 11.5 Å². The number of rotatable bonds is 7. The molecule has 2 fully saturated rings. The molecule has 0 radical (unpaired) electrons. The van der Waals surface area contributed by atoms with Gasteiger partial charge in [0.25, 0.3) is 17.1 Å². The molecule has 2 saturated heterocycles. The quantitative estimate of drug-likeness (QED) is 0.514. The molecule has 0 spiro atoms. The van der Waals surface area contributed by atoms with E-state index in [-0.39, 0.29) is 17.8 Å². The van der Waals surface area contributed by atoms with E-state index < -0.39 is 5.91 Å². The Morgan fingerprint density at radius 1 is 1.06 bits per heavy atom. The Hall–Kier alpha value is -2.97. The summed E-state index contributed by atoms with van der Waals surface area (Å²) in [7, 11) is 0. The Bertz CT molecular complexity index is 1100. The molecule has 0 unspecified atom stereocenters. The van der Waals surface area contributed by atoms with Gasteiger partial charge in [-0.25, -0.2) is 4.90 Å². The van der Waals surface area contributed by atoms with Crippen molar-refractivity contribution in [1.29, 1.82) is 0 Å². The van der Waals surface area contributed by atoms with Crippen molar-refractivity contribution in [1.82, 2.24) is 4.90 Å². The zero-order chi connectivity index (χ0) is 23.4. The highest BCUT2D eigenvalue weighted by molar-refractivity contribution is 8.19. The maximum Gasteiger partial charge on any atom is 0.298 e. The minimum Gasteiger partial charge on any atom is -0.490 e. The lowest BCUT2D eigenvalue weighted by Crippen LogP contribution is -2.32. The lowest BCUT2D eigenvalue weighted by molar-refractivity contribution is -0.132. The molecule has 2 aliphatic heterocycles. The largest absolute Gasteiger partial charge is 0.490 e. The smallest absolute Gasteiger partial charge is 0.298 e. The second-order valence-corrected chi connectivity index (χ2v) is 8.94. The minimum atomic E-state index is -0.401. The van der Waals surface area contributed by atoms with Crippen molar-refractivity contribution in [3.63, 3.8) is 0 Å². The molecule has 2 aliphatic rings. The van der Waals surface area contributed by atoms with E-state index in [1.54, 1.807) is 53.4 Å². The van der Waals surface area contributed by atoms with Crippen LogP contribution in [0.3, 0.4) is 0 Å². The Balaban J connectivity index is 1.50. The SMILES string of the molecule is CCOc1cc(/C=C2/SC(=O)N(c3ccc(Cl)cc3)C2=O)ccc1OCC(=O)N1CCCC1. The molecule has 0 atom stereocenters. The van der Waals surface area contributed by atoms with E-state index in [2.05, 4.69) is 0 Å². The number of ether oxygens (including phenoxy) is 2. The molecule has 172 valence electrons. The van der Waals surface area contributed by atoms with E-state index in [0.717, 1.165) is 42.6 Å². The molecule has 0 aromatic heterocycles. The standard InChI is InChI=1S/C24H23ClN2O5S/c1-2-31-20-13-16(5-10-19(20)32-15-22(28)26-11-3-4-12-26)14-21-23(29)27(24(30)33-21)18-8-6-17(25)7-9-18/h5-10,13-14H,2-4,11-12,15H2,1H3/b21-14+. The predicted molar refractivity (Wildman–Crippen MR) is 129 cm³/mol. The number of hydrogen-bond acceptors (Lipinski definition) is 6. The van der Waals surface area contributed by atoms with Crippen molar-refractivity contribution >= 4 is 52.2 Å². The van der Waals surface area contributed by atoms with Gasteiger partial charge in [-0.15, -0.1) is 0 Å². The highest BCUT2D eigenvalue weighted by Crippen LogP contribution is 2.37. The normalized spacial score (nSPS) is 17.2. The van der Waals surface area contributed by atoms with Crippen molar-refractivity contribution in [2.45, 2.75) is 19.8 Å². The van der Waals surface area contributed by atoms with Gasteiger partial charge in [0.2, 0.25) is 0 Å². The molecule has 0 aliphatic carbocycles. The highest BCUT2D eigenvalue weighted by Gasteiger charge is 2.36. The van der Waals surface area contributed by atoms with Crippen molar-refractivity contribution in [2.75, 3.05) is 31.2 Å². The Morgan fingerprint density at radius 2 is 1.79 bits per heavy atom. The summed E-state index contributed by atoms with van der Waals surface area (Å²) in [6.07, 6.45) is 3.68. The first-order chi connectivity index (χ1) is 16.0. The number of carbonyl (C=O) groups is 3. The van der Waals surface area contributed by atoms with Crippen LogP contribution in [0.15, 0.2) is 47.4 Å². The summed E-state index contributed by atoms with van der Waals surface area (Å²) in [5, 5.41) is 0.146. The first-order valence-corrected chi connectivity index (χ1v) is 11.9. The molecule has 4 rings (SSSR count). The molecule has 0 saturated carbocycles. The number of halogens is 1. The summed E-state index contributed by atoms with van der Waals surface area (Å²) >= 11 is 6.78. The van der Waals surface area contributed by atoms with Crippen LogP contribution in [0.25, 0.3) is 6.08 Å². The fourth-order valence-corrected chi connectivity index (χ4v) is 4.60. The minimum absolute atomic E-state index is 0.0464. The topological polar surface area (TPSA) is 76.1 Å². The number of amides is 3. The van der Waals surface area contributed by atoms with Crippen molar-refractivity contribution < 1.29 is 23.9 Å². The van der Waals surface area contributed by atoms with E-state index in [1.807, 2.05) is 6.92 Å². The second-order valence-electron chi connectivity index (χ2n) is 7.51. The van der Waals surface area contributed by atoms with E-state index in [4.69, 9.17) is 21.1 Å². The average Bonchev–Trinajstić information content (AvgIpc) is 3.43. The summed E-state index contributed by atoms with van der Waals surface area (Å²) in [5.41, 5.74) is 1.14. The maximum atomic E-state index is 12.9. The van der Waals surface area contributed by atoms with E-state index in [1.165, 1.54) is 0 Å². The third kappa shape index (κ3) is 5.34. The second kappa shape index (κ2) is 10.3. The molecule has 3 amide bonds. The van der Waals surface area contributed by atoms with Crippen LogP contribution in [0.1, 0.15) is 25.3 Å². The number of benzene rings is 2. The van der Waals surface area contributed by atoms with Gasteiger partial charge in [0, 0.05) is 18.1 Å². The van der Waals surface area contributed by atoms with Crippen LogP contribution in [0, 0.1) is 0 Å². The van der Waals surface area contributed by atoms with Crippen molar-refractivity contribution in [3.05, 3.63) is 58.0 Å². The maximum absolute atomic E-state index is 12.9. The summed E-state index contributed by atoms with van der Waals surface area (Å²) < 4.78 is 11.4. The number of anilines is 1. The first-order valence-electron chi connectivity index (χ1n) is 10.7. The highest BCUT2D eigenvalue weighted by atomic mass is 35.5. The van der Waals surface area contributed by atoms with Crippen LogP contribution in [-0.2, 0) is 9.59 Å². The van der Waals surface area contributed by atoms with Gasteiger partial charge in [-0.2, -0.15) is 0 Å². The fraction of sp³-hybridized carbons (Fsp3) is 0.292. The Kier molecular flexibility index (Phi) is 7.25. The van der Waals surface area contributed by atoms with Gasteiger partial charge in [0.1, 0.15) is 0 Å². The predicted octanol–water partition coefficient (Wildman–Crippen LogP) is 4.98. The number of thioether (sulfide) groups is 1. The van der Waals surface area contributed by atoms with Gasteiger partial charge in [0.15, 0.2) is 18.1 Å². The van der Waals surface area contributed by atoms with Crippen LogP contribution in [0.5, 0.6) is 11.5 Å². The molecular formula is C24H23ClN2O5S.